The molecule has 0 fully saturated rings. The summed E-state index contributed by atoms with van der Waals surface area (Å²) in [4.78, 5) is 0.861. The Hall–Kier alpha value is -1.75. The third kappa shape index (κ3) is 3.09. The van der Waals surface area contributed by atoms with Crippen LogP contribution in [-0.2, 0) is 17.3 Å². The highest BCUT2D eigenvalue weighted by atomic mass is 32.1. The zero-order valence-corrected chi connectivity index (χ0v) is 16.5. The van der Waals surface area contributed by atoms with Crippen LogP contribution in [0.5, 0.6) is 0 Å². The molecule has 0 atom stereocenters. The highest BCUT2D eigenvalue weighted by Gasteiger charge is 2.22. The summed E-state index contributed by atoms with van der Waals surface area (Å²) < 4.78 is 1.88. The summed E-state index contributed by atoms with van der Waals surface area (Å²) in [6.45, 7) is 15.6. The van der Waals surface area contributed by atoms with E-state index >= 15 is 0 Å². The molecule has 0 saturated heterocycles. The van der Waals surface area contributed by atoms with Crippen LogP contribution < -0.4 is 0 Å². The minimum atomic E-state index is 0.101. The van der Waals surface area contributed by atoms with Crippen LogP contribution in [0, 0.1) is 0 Å². The van der Waals surface area contributed by atoms with Gasteiger partial charge in [-0.15, -0.1) is 10.2 Å². The second-order valence-corrected chi connectivity index (χ2v) is 9.33. The van der Waals surface area contributed by atoms with E-state index in [2.05, 4.69) is 76.9 Å². The Morgan fingerprint density at radius 1 is 0.917 bits per heavy atom. The van der Waals surface area contributed by atoms with E-state index < -0.39 is 0 Å². The Bertz CT molecular complexity index is 843. The van der Waals surface area contributed by atoms with E-state index in [1.807, 2.05) is 4.52 Å². The molecule has 2 aromatic heterocycles. The third-order valence-corrected chi connectivity index (χ3v) is 5.23. The summed E-state index contributed by atoms with van der Waals surface area (Å²) in [5.41, 5.74) is 4.05. The van der Waals surface area contributed by atoms with Crippen LogP contribution in [0.25, 0.3) is 15.5 Å². The van der Waals surface area contributed by atoms with E-state index in [4.69, 9.17) is 5.10 Å². The molecule has 2 heterocycles. The molecule has 0 amide bonds. The highest BCUT2D eigenvalue weighted by molar-refractivity contribution is 7.19. The van der Waals surface area contributed by atoms with Gasteiger partial charge in [-0.25, -0.2) is 0 Å². The van der Waals surface area contributed by atoms with E-state index in [1.54, 1.807) is 11.3 Å². The lowest BCUT2D eigenvalue weighted by molar-refractivity contribution is 0.569. The SMILES string of the molecule is CCc1nnc2sc(-c3cc(C(C)(C)C)cc(C(C)(C)C)c3)nn12. The number of aromatic nitrogens is 4. The predicted molar refractivity (Wildman–Crippen MR) is 101 cm³/mol. The van der Waals surface area contributed by atoms with Crippen molar-refractivity contribution in [2.75, 3.05) is 0 Å². The lowest BCUT2D eigenvalue weighted by atomic mass is 9.79. The van der Waals surface area contributed by atoms with Gasteiger partial charge in [-0.2, -0.15) is 9.61 Å². The van der Waals surface area contributed by atoms with Gasteiger partial charge in [0.15, 0.2) is 5.82 Å². The number of rotatable bonds is 2. The van der Waals surface area contributed by atoms with Crippen molar-refractivity contribution in [3.63, 3.8) is 0 Å². The van der Waals surface area contributed by atoms with Gasteiger partial charge in [0.25, 0.3) is 0 Å². The molecule has 0 radical (unpaired) electrons. The zero-order valence-electron chi connectivity index (χ0n) is 15.6. The summed E-state index contributed by atoms with van der Waals surface area (Å²) in [6.07, 6.45) is 0.833. The van der Waals surface area contributed by atoms with E-state index in [0.29, 0.717) is 0 Å². The first-order valence-electron chi connectivity index (χ1n) is 8.47. The number of hydrogen-bond acceptors (Lipinski definition) is 4. The average Bonchev–Trinajstić information content (AvgIpc) is 3.04. The monoisotopic (exact) mass is 342 g/mol. The van der Waals surface area contributed by atoms with Crippen molar-refractivity contribution in [2.24, 2.45) is 0 Å². The third-order valence-electron chi connectivity index (χ3n) is 4.28. The molecule has 0 unspecified atom stereocenters. The lowest BCUT2D eigenvalue weighted by Gasteiger charge is -2.25. The van der Waals surface area contributed by atoms with Gasteiger partial charge in [-0.05, 0) is 34.1 Å². The Morgan fingerprint density at radius 2 is 1.50 bits per heavy atom. The highest BCUT2D eigenvalue weighted by Crippen LogP contribution is 2.35. The molecular formula is C19H26N4S. The number of aryl methyl sites for hydroxylation is 1. The van der Waals surface area contributed by atoms with Crippen LogP contribution in [-0.4, -0.2) is 19.8 Å². The lowest BCUT2D eigenvalue weighted by Crippen LogP contribution is -2.16. The van der Waals surface area contributed by atoms with Gasteiger partial charge in [0.2, 0.25) is 4.96 Å². The van der Waals surface area contributed by atoms with Gasteiger partial charge in [-0.1, -0.05) is 65.9 Å². The van der Waals surface area contributed by atoms with Crippen molar-refractivity contribution in [3.8, 4) is 10.6 Å². The van der Waals surface area contributed by atoms with Crippen molar-refractivity contribution >= 4 is 16.3 Å². The molecule has 5 heteroatoms. The molecule has 24 heavy (non-hydrogen) atoms. The normalized spacial score (nSPS) is 13.0. The van der Waals surface area contributed by atoms with Crippen molar-refractivity contribution < 1.29 is 0 Å². The van der Waals surface area contributed by atoms with Crippen molar-refractivity contribution in [1.29, 1.82) is 0 Å². The second kappa shape index (κ2) is 5.66. The summed E-state index contributed by atoms with van der Waals surface area (Å²) in [6, 6.07) is 6.88. The first kappa shape index (κ1) is 17.1. The Balaban J connectivity index is 2.19. The largest absolute Gasteiger partial charge is 0.234 e. The summed E-state index contributed by atoms with van der Waals surface area (Å²) in [5, 5.41) is 14.2. The van der Waals surface area contributed by atoms with Crippen LogP contribution in [0.1, 0.15) is 65.4 Å². The maximum absolute atomic E-state index is 4.77. The van der Waals surface area contributed by atoms with Gasteiger partial charge >= 0.3 is 0 Å². The van der Waals surface area contributed by atoms with Gasteiger partial charge in [0.05, 0.1) is 0 Å². The molecule has 0 spiro atoms. The van der Waals surface area contributed by atoms with Gasteiger partial charge in [-0.3, -0.25) is 0 Å². The summed E-state index contributed by atoms with van der Waals surface area (Å²) >= 11 is 1.60. The fraction of sp³-hybridized carbons (Fsp3) is 0.526. The van der Waals surface area contributed by atoms with Crippen molar-refractivity contribution in [3.05, 3.63) is 35.2 Å². The minimum Gasteiger partial charge on any atom is -0.187 e. The quantitative estimate of drug-likeness (QED) is 0.657. The van der Waals surface area contributed by atoms with Crippen molar-refractivity contribution in [2.45, 2.75) is 65.7 Å². The fourth-order valence-electron chi connectivity index (χ4n) is 2.61. The molecule has 128 valence electrons. The predicted octanol–water partition coefficient (Wildman–Crippen LogP) is 5.01. The first-order valence-corrected chi connectivity index (χ1v) is 9.29. The molecule has 3 aromatic rings. The number of nitrogens with zero attached hydrogens (tertiary/aromatic N) is 4. The van der Waals surface area contributed by atoms with Crippen LogP contribution in [0.2, 0.25) is 0 Å². The van der Waals surface area contributed by atoms with E-state index in [0.717, 1.165) is 22.2 Å². The zero-order chi connectivity index (χ0) is 17.7. The molecule has 3 rings (SSSR count). The molecule has 0 aliphatic carbocycles. The number of fused-ring (bicyclic) bond motifs is 1. The van der Waals surface area contributed by atoms with E-state index in [1.165, 1.54) is 16.7 Å². The molecule has 0 N–H and O–H groups in total. The van der Waals surface area contributed by atoms with Crippen LogP contribution in [0.4, 0.5) is 0 Å². The summed E-state index contributed by atoms with van der Waals surface area (Å²) in [5.74, 6) is 0.913. The van der Waals surface area contributed by atoms with Crippen LogP contribution in [0.15, 0.2) is 18.2 Å². The molecule has 0 saturated carbocycles. The maximum atomic E-state index is 4.77. The Morgan fingerprint density at radius 3 is 2.00 bits per heavy atom. The molecule has 0 aliphatic rings. The molecule has 4 nitrogen and oxygen atoms in total. The minimum absolute atomic E-state index is 0.101. The van der Waals surface area contributed by atoms with Gasteiger partial charge in [0.1, 0.15) is 5.01 Å². The standard InChI is InChI=1S/C19H26N4S/c1-8-15-20-21-17-23(15)22-16(24-17)12-9-13(18(2,3)4)11-14(10-12)19(5,6)7/h9-11H,8H2,1-7H3. The van der Waals surface area contributed by atoms with E-state index in [9.17, 15) is 0 Å². The summed E-state index contributed by atoms with van der Waals surface area (Å²) in [7, 11) is 0. The number of benzene rings is 1. The smallest absolute Gasteiger partial charge is 0.187 e. The first-order chi connectivity index (χ1) is 11.1. The molecular weight excluding hydrogens is 316 g/mol. The van der Waals surface area contributed by atoms with Gasteiger partial charge in [0, 0.05) is 12.0 Å². The fourth-order valence-corrected chi connectivity index (χ4v) is 3.46. The second-order valence-electron chi connectivity index (χ2n) is 8.37. The Labute approximate surface area is 147 Å². The molecule has 1 aromatic carbocycles. The van der Waals surface area contributed by atoms with Crippen LogP contribution >= 0.6 is 11.3 Å². The average molecular weight is 343 g/mol. The van der Waals surface area contributed by atoms with E-state index in [-0.39, 0.29) is 10.8 Å². The van der Waals surface area contributed by atoms with Gasteiger partial charge < -0.3 is 0 Å². The van der Waals surface area contributed by atoms with Crippen molar-refractivity contribution in [1.82, 2.24) is 19.8 Å². The molecule has 0 bridgehead atoms. The maximum Gasteiger partial charge on any atom is 0.234 e. The Kier molecular flexibility index (Phi) is 4.03. The van der Waals surface area contributed by atoms with Crippen LogP contribution in [0.3, 0.4) is 0 Å². The number of hydrogen-bond donors (Lipinski definition) is 0. The molecule has 0 aliphatic heterocycles. The topological polar surface area (TPSA) is 43.1 Å².